The maximum atomic E-state index is 13.6. The molecule has 1 aliphatic rings. The van der Waals surface area contributed by atoms with E-state index in [1.165, 1.54) is 12.1 Å². The lowest BCUT2D eigenvalue weighted by molar-refractivity contribution is -0.132. The fourth-order valence-electron chi connectivity index (χ4n) is 3.26. The van der Waals surface area contributed by atoms with Crippen LogP contribution in [0.2, 0.25) is 5.02 Å². The summed E-state index contributed by atoms with van der Waals surface area (Å²) < 4.78 is 39.7. The summed E-state index contributed by atoms with van der Waals surface area (Å²) in [6, 6.07) is 7.01. The van der Waals surface area contributed by atoms with Crippen molar-refractivity contribution in [3.05, 3.63) is 70.0 Å². The molecule has 0 atom stereocenters. The third kappa shape index (κ3) is 5.73. The summed E-state index contributed by atoms with van der Waals surface area (Å²) >= 11 is 6.06. The topological polar surface area (TPSA) is 52.7 Å². The Morgan fingerprint density at radius 2 is 1.63 bits per heavy atom. The van der Waals surface area contributed by atoms with Gasteiger partial charge in [-0.3, -0.25) is 14.5 Å². The molecule has 0 saturated carbocycles. The van der Waals surface area contributed by atoms with Crippen molar-refractivity contribution in [3.8, 4) is 0 Å². The molecule has 0 spiro atoms. The van der Waals surface area contributed by atoms with Gasteiger partial charge in [-0.05, 0) is 29.8 Å². The minimum atomic E-state index is -0.948. The highest BCUT2D eigenvalue weighted by Crippen LogP contribution is 2.20. The second-order valence-electron chi connectivity index (χ2n) is 7.02. The van der Waals surface area contributed by atoms with E-state index in [0.717, 1.165) is 17.7 Å². The molecule has 1 aliphatic heterocycles. The molecule has 1 saturated heterocycles. The first-order valence-electron chi connectivity index (χ1n) is 9.51. The lowest BCUT2D eigenvalue weighted by Crippen LogP contribution is -2.48. The fraction of sp³-hybridized carbons (Fsp3) is 0.333. The van der Waals surface area contributed by atoms with Crippen LogP contribution in [0.3, 0.4) is 0 Å². The number of amides is 2. The van der Waals surface area contributed by atoms with E-state index in [1.807, 2.05) is 0 Å². The average molecular weight is 440 g/mol. The van der Waals surface area contributed by atoms with Crippen LogP contribution in [0.4, 0.5) is 13.2 Å². The molecule has 3 rings (SSSR count). The molecule has 0 unspecified atom stereocenters. The van der Waals surface area contributed by atoms with E-state index in [1.54, 1.807) is 11.0 Å². The van der Waals surface area contributed by atoms with Crippen molar-refractivity contribution in [2.45, 2.75) is 13.0 Å². The van der Waals surface area contributed by atoms with Gasteiger partial charge in [-0.1, -0.05) is 17.7 Å². The Morgan fingerprint density at radius 3 is 2.30 bits per heavy atom. The number of nitrogens with one attached hydrogen (secondary N) is 1. The zero-order valence-electron chi connectivity index (χ0n) is 16.1. The molecule has 2 amide bonds. The summed E-state index contributed by atoms with van der Waals surface area (Å²) in [6.45, 7) is 2.97. The van der Waals surface area contributed by atoms with E-state index < -0.39 is 17.5 Å². The monoisotopic (exact) mass is 439 g/mol. The number of carbonyl (C=O) groups excluding carboxylic acids is 2. The van der Waals surface area contributed by atoms with Crippen molar-refractivity contribution < 1.29 is 22.8 Å². The van der Waals surface area contributed by atoms with Crippen molar-refractivity contribution in [3.63, 3.8) is 0 Å². The van der Waals surface area contributed by atoms with Crippen LogP contribution in [-0.2, 0) is 11.3 Å². The van der Waals surface area contributed by atoms with Crippen LogP contribution in [0.5, 0.6) is 0 Å². The molecule has 0 aromatic heterocycles. The number of nitrogens with zero attached hydrogens (tertiary/aromatic N) is 2. The zero-order chi connectivity index (χ0) is 21.7. The van der Waals surface area contributed by atoms with Gasteiger partial charge in [0.15, 0.2) is 0 Å². The molecule has 1 heterocycles. The molecule has 30 heavy (non-hydrogen) atoms. The van der Waals surface area contributed by atoms with E-state index in [2.05, 4.69) is 10.2 Å². The van der Waals surface area contributed by atoms with Crippen LogP contribution in [0.25, 0.3) is 0 Å². The summed E-state index contributed by atoms with van der Waals surface area (Å²) in [7, 11) is 0. The molecule has 0 radical (unpaired) electrons. The third-order valence-electron chi connectivity index (χ3n) is 4.93. The normalized spacial score (nSPS) is 14.6. The number of hydrogen-bond acceptors (Lipinski definition) is 3. The number of halogens is 4. The van der Waals surface area contributed by atoms with Crippen LogP contribution in [0, 0.1) is 17.5 Å². The number of rotatable bonds is 6. The zero-order valence-corrected chi connectivity index (χ0v) is 16.9. The number of carbonyl (C=O) groups is 2. The largest absolute Gasteiger partial charge is 0.351 e. The summed E-state index contributed by atoms with van der Waals surface area (Å²) in [5, 5.41) is 2.85. The molecule has 160 valence electrons. The van der Waals surface area contributed by atoms with Gasteiger partial charge >= 0.3 is 0 Å². The number of benzene rings is 2. The van der Waals surface area contributed by atoms with E-state index in [9.17, 15) is 22.8 Å². The van der Waals surface area contributed by atoms with Crippen molar-refractivity contribution in [1.82, 2.24) is 15.1 Å². The highest BCUT2D eigenvalue weighted by Gasteiger charge is 2.22. The van der Waals surface area contributed by atoms with Crippen molar-refractivity contribution in [1.29, 1.82) is 0 Å². The van der Waals surface area contributed by atoms with Gasteiger partial charge in [0.25, 0.3) is 5.91 Å². The van der Waals surface area contributed by atoms with E-state index in [0.29, 0.717) is 43.8 Å². The molecular formula is C21H21ClF3N3O2. The van der Waals surface area contributed by atoms with Gasteiger partial charge in [-0.2, -0.15) is 0 Å². The van der Waals surface area contributed by atoms with Crippen molar-refractivity contribution >= 4 is 23.4 Å². The Labute approximate surface area is 177 Å². The minimum Gasteiger partial charge on any atom is -0.351 e. The van der Waals surface area contributed by atoms with Gasteiger partial charge in [-0.25, -0.2) is 13.2 Å². The van der Waals surface area contributed by atoms with Crippen LogP contribution in [0.1, 0.15) is 22.3 Å². The first-order valence-corrected chi connectivity index (χ1v) is 9.88. The SMILES string of the molecule is O=C(NCCC(=O)N1CCN(Cc2ccc(F)cc2Cl)CC1)c1ccc(F)cc1F. The minimum absolute atomic E-state index is 0.0554. The van der Waals surface area contributed by atoms with Gasteiger partial charge in [0.2, 0.25) is 5.91 Å². The Hall–Kier alpha value is -2.58. The molecule has 0 bridgehead atoms. The highest BCUT2D eigenvalue weighted by atomic mass is 35.5. The number of hydrogen-bond donors (Lipinski definition) is 1. The highest BCUT2D eigenvalue weighted by molar-refractivity contribution is 6.31. The quantitative estimate of drug-likeness (QED) is 0.752. The summed E-state index contributed by atoms with van der Waals surface area (Å²) in [6.07, 6.45) is 0.0817. The van der Waals surface area contributed by atoms with Gasteiger partial charge in [0, 0.05) is 56.8 Å². The molecule has 5 nitrogen and oxygen atoms in total. The lowest BCUT2D eigenvalue weighted by atomic mass is 10.2. The first kappa shape index (κ1) is 22.1. The van der Waals surface area contributed by atoms with E-state index in [-0.39, 0.29) is 30.3 Å². The third-order valence-corrected chi connectivity index (χ3v) is 5.29. The number of piperazine rings is 1. The maximum Gasteiger partial charge on any atom is 0.254 e. The molecule has 2 aromatic rings. The Bertz CT molecular complexity index is 934. The van der Waals surface area contributed by atoms with Gasteiger partial charge in [0.1, 0.15) is 17.5 Å². The Balaban J connectivity index is 1.41. The molecule has 9 heteroatoms. The lowest BCUT2D eigenvalue weighted by Gasteiger charge is -2.35. The van der Waals surface area contributed by atoms with Gasteiger partial charge in [0.05, 0.1) is 5.56 Å². The van der Waals surface area contributed by atoms with Gasteiger partial charge < -0.3 is 10.2 Å². The maximum absolute atomic E-state index is 13.6. The first-order chi connectivity index (χ1) is 14.3. The standard InChI is InChI=1S/C21H21ClF3N3O2/c22-18-11-15(23)2-1-14(18)13-27-7-9-28(10-8-27)20(29)5-6-26-21(30)17-4-3-16(24)12-19(17)25/h1-4,11-12H,5-10,13H2,(H,26,30). The molecule has 0 aliphatic carbocycles. The van der Waals surface area contributed by atoms with Crippen LogP contribution in [0.15, 0.2) is 36.4 Å². The fourth-order valence-corrected chi connectivity index (χ4v) is 3.48. The molecule has 1 N–H and O–H groups in total. The van der Waals surface area contributed by atoms with Gasteiger partial charge in [-0.15, -0.1) is 0 Å². The second kappa shape index (κ2) is 9.95. The average Bonchev–Trinajstić information content (AvgIpc) is 2.70. The van der Waals surface area contributed by atoms with Crippen LogP contribution >= 0.6 is 11.6 Å². The molecule has 1 fully saturated rings. The summed E-state index contributed by atoms with van der Waals surface area (Å²) in [4.78, 5) is 28.1. The summed E-state index contributed by atoms with van der Waals surface area (Å²) in [5.74, 6) is -2.90. The van der Waals surface area contributed by atoms with E-state index in [4.69, 9.17) is 11.6 Å². The van der Waals surface area contributed by atoms with Crippen molar-refractivity contribution in [2.75, 3.05) is 32.7 Å². The molecule has 2 aromatic carbocycles. The van der Waals surface area contributed by atoms with Crippen molar-refractivity contribution in [2.24, 2.45) is 0 Å². The Morgan fingerprint density at radius 1 is 0.967 bits per heavy atom. The van der Waals surface area contributed by atoms with Crippen LogP contribution < -0.4 is 5.32 Å². The predicted molar refractivity (Wildman–Crippen MR) is 107 cm³/mol. The van der Waals surface area contributed by atoms with E-state index >= 15 is 0 Å². The Kier molecular flexibility index (Phi) is 7.33. The smallest absolute Gasteiger partial charge is 0.254 e. The summed E-state index contributed by atoms with van der Waals surface area (Å²) in [5.41, 5.74) is 0.561. The van der Waals surface area contributed by atoms with Crippen LogP contribution in [-0.4, -0.2) is 54.3 Å². The molecular weight excluding hydrogens is 419 g/mol. The second-order valence-corrected chi connectivity index (χ2v) is 7.43. The predicted octanol–water partition coefficient (Wildman–Crippen LogP) is 3.22.